The first-order valence-electron chi connectivity index (χ1n) is 8.51. The van der Waals surface area contributed by atoms with Gasteiger partial charge in [-0.15, -0.1) is 23.5 Å². The van der Waals surface area contributed by atoms with Gasteiger partial charge in [0.05, 0.1) is 0 Å². The monoisotopic (exact) mass is 382 g/mol. The average molecular weight is 383 g/mol. The Balaban J connectivity index is 2.56. The molecule has 0 aromatic heterocycles. The summed E-state index contributed by atoms with van der Waals surface area (Å²) in [6, 6.07) is 2.91. The third kappa shape index (κ3) is 7.68. The van der Waals surface area contributed by atoms with Crippen molar-refractivity contribution in [3.05, 3.63) is 23.8 Å². The molecule has 0 bridgehead atoms. The molecule has 0 spiro atoms. The molecule has 0 heterocycles. The Morgan fingerprint density at radius 1 is 0.792 bits per heavy atom. The van der Waals surface area contributed by atoms with Gasteiger partial charge in [0.15, 0.2) is 11.6 Å². The van der Waals surface area contributed by atoms with Crippen LogP contribution in [0, 0.1) is 11.6 Å². The van der Waals surface area contributed by atoms with E-state index >= 15 is 0 Å². The Morgan fingerprint density at radius 2 is 1.17 bits per heavy atom. The van der Waals surface area contributed by atoms with E-state index in [2.05, 4.69) is 0 Å². The summed E-state index contributed by atoms with van der Waals surface area (Å²) in [5.41, 5.74) is 0. The summed E-state index contributed by atoms with van der Waals surface area (Å²) in [5, 5.41) is 0. The molecule has 1 aromatic rings. The lowest BCUT2D eigenvalue weighted by Gasteiger charge is -2.11. The van der Waals surface area contributed by atoms with Crippen LogP contribution in [0.2, 0.25) is 0 Å². The molecule has 2 atom stereocenters. The number of halogens is 4. The number of unbranched alkanes of at least 4 members (excludes halogenated alkanes) is 2. The zero-order chi connectivity index (χ0) is 17.9. The molecule has 1 aromatic carbocycles. The van der Waals surface area contributed by atoms with Crippen LogP contribution in [-0.4, -0.2) is 23.8 Å². The van der Waals surface area contributed by atoms with Crippen LogP contribution < -0.4 is 0 Å². The minimum Gasteiger partial charge on any atom is -0.247 e. The van der Waals surface area contributed by atoms with Gasteiger partial charge in [0, 0.05) is 21.3 Å². The molecule has 24 heavy (non-hydrogen) atoms. The Morgan fingerprint density at radius 3 is 1.50 bits per heavy atom. The lowest BCUT2D eigenvalue weighted by atomic mass is 10.2. The van der Waals surface area contributed by atoms with E-state index in [1.165, 1.54) is 12.1 Å². The number of alkyl halides is 2. The third-order valence-corrected chi connectivity index (χ3v) is 5.90. The van der Waals surface area contributed by atoms with Crippen LogP contribution in [0.3, 0.4) is 0 Å². The van der Waals surface area contributed by atoms with Gasteiger partial charge >= 0.3 is 0 Å². The lowest BCUT2D eigenvalue weighted by molar-refractivity contribution is 0.338. The van der Waals surface area contributed by atoms with Gasteiger partial charge < -0.3 is 0 Å². The molecule has 6 heteroatoms. The second-order valence-corrected chi connectivity index (χ2v) is 7.91. The largest absolute Gasteiger partial charge is 0.247 e. The molecular weight excluding hydrogens is 356 g/mol. The highest BCUT2D eigenvalue weighted by Gasteiger charge is 2.17. The maximum atomic E-state index is 14.1. The minimum absolute atomic E-state index is 0.110. The molecule has 1 rings (SSSR count). The molecule has 0 amide bonds. The molecule has 2 unspecified atom stereocenters. The molecule has 138 valence electrons. The summed E-state index contributed by atoms with van der Waals surface area (Å²) in [6.45, 7) is 3.96. The molecule has 0 nitrogen and oxygen atoms in total. The van der Waals surface area contributed by atoms with Gasteiger partial charge in [0.1, 0.15) is 12.3 Å². The summed E-state index contributed by atoms with van der Waals surface area (Å²) in [4.78, 5) is 0.220. The standard InChI is InChI=1S/C18H26F4S2/c1-3-5-7-13(19)11-23-15-9-10-16(18(22)17(15)21)24-12-14(20)8-6-4-2/h9-10,13-14H,3-8,11-12H2,1-2H3. The van der Waals surface area contributed by atoms with Crippen molar-refractivity contribution >= 4 is 23.5 Å². The fraction of sp³-hybridized carbons (Fsp3) is 0.667. The molecule has 0 aliphatic heterocycles. The van der Waals surface area contributed by atoms with Crippen molar-refractivity contribution in [1.82, 2.24) is 0 Å². The van der Waals surface area contributed by atoms with Crippen LogP contribution >= 0.6 is 23.5 Å². The highest BCUT2D eigenvalue weighted by Crippen LogP contribution is 2.32. The van der Waals surface area contributed by atoms with Gasteiger partial charge in [-0.25, -0.2) is 17.6 Å². The van der Waals surface area contributed by atoms with Gasteiger partial charge in [0.25, 0.3) is 0 Å². The number of benzene rings is 1. The Bertz CT molecular complexity index is 439. The van der Waals surface area contributed by atoms with Crippen LogP contribution in [0.4, 0.5) is 17.6 Å². The quantitative estimate of drug-likeness (QED) is 0.277. The second-order valence-electron chi connectivity index (χ2n) is 5.79. The van der Waals surface area contributed by atoms with E-state index in [0.717, 1.165) is 49.2 Å². The third-order valence-electron chi connectivity index (χ3n) is 3.59. The topological polar surface area (TPSA) is 0 Å². The van der Waals surface area contributed by atoms with E-state index in [9.17, 15) is 17.6 Å². The second kappa shape index (κ2) is 12.1. The van der Waals surface area contributed by atoms with E-state index < -0.39 is 24.0 Å². The van der Waals surface area contributed by atoms with E-state index in [0.29, 0.717) is 12.8 Å². The van der Waals surface area contributed by atoms with Crippen molar-refractivity contribution in [2.24, 2.45) is 0 Å². The molecule has 0 radical (unpaired) electrons. The summed E-state index contributed by atoms with van der Waals surface area (Å²) >= 11 is 1.98. The number of hydrogen-bond acceptors (Lipinski definition) is 2. The summed E-state index contributed by atoms with van der Waals surface area (Å²) in [7, 11) is 0. The van der Waals surface area contributed by atoms with E-state index in [4.69, 9.17) is 0 Å². The van der Waals surface area contributed by atoms with Crippen LogP contribution in [0.15, 0.2) is 21.9 Å². The van der Waals surface area contributed by atoms with Crippen molar-refractivity contribution in [2.75, 3.05) is 11.5 Å². The Labute approximate surface area is 151 Å². The average Bonchev–Trinajstić information content (AvgIpc) is 2.58. The van der Waals surface area contributed by atoms with Gasteiger partial charge in [-0.05, 0) is 25.0 Å². The zero-order valence-electron chi connectivity index (χ0n) is 14.3. The van der Waals surface area contributed by atoms with Crippen LogP contribution in [0.25, 0.3) is 0 Å². The van der Waals surface area contributed by atoms with E-state index in [-0.39, 0.29) is 21.3 Å². The number of rotatable bonds is 12. The molecule has 0 aliphatic carbocycles. The highest BCUT2D eigenvalue weighted by molar-refractivity contribution is 7.99. The Hall–Kier alpha value is -0.360. The van der Waals surface area contributed by atoms with Crippen LogP contribution in [0.1, 0.15) is 52.4 Å². The van der Waals surface area contributed by atoms with Gasteiger partial charge in [-0.1, -0.05) is 39.5 Å². The molecular formula is C18H26F4S2. The van der Waals surface area contributed by atoms with Crippen molar-refractivity contribution in [3.63, 3.8) is 0 Å². The van der Waals surface area contributed by atoms with Crippen molar-refractivity contribution in [3.8, 4) is 0 Å². The van der Waals surface area contributed by atoms with Crippen molar-refractivity contribution in [2.45, 2.75) is 74.5 Å². The van der Waals surface area contributed by atoms with Crippen molar-refractivity contribution in [1.29, 1.82) is 0 Å². The molecule has 0 saturated carbocycles. The predicted molar refractivity (Wildman–Crippen MR) is 96.6 cm³/mol. The van der Waals surface area contributed by atoms with Crippen molar-refractivity contribution < 1.29 is 17.6 Å². The zero-order valence-corrected chi connectivity index (χ0v) is 15.9. The summed E-state index contributed by atoms with van der Waals surface area (Å²) < 4.78 is 55.4. The van der Waals surface area contributed by atoms with Gasteiger partial charge in [0.2, 0.25) is 0 Å². The van der Waals surface area contributed by atoms with E-state index in [1.54, 1.807) is 0 Å². The van der Waals surface area contributed by atoms with Gasteiger partial charge in [-0.2, -0.15) is 0 Å². The first-order valence-corrected chi connectivity index (χ1v) is 10.5. The highest BCUT2D eigenvalue weighted by atomic mass is 32.2. The summed E-state index contributed by atoms with van der Waals surface area (Å²) in [6.07, 6.45) is 2.25. The minimum atomic E-state index is -1.02. The van der Waals surface area contributed by atoms with Crippen LogP contribution in [-0.2, 0) is 0 Å². The molecule has 0 fully saturated rings. The first-order chi connectivity index (χ1) is 11.5. The molecule has 0 N–H and O–H groups in total. The maximum Gasteiger partial charge on any atom is 0.173 e. The molecule has 0 saturated heterocycles. The lowest BCUT2D eigenvalue weighted by Crippen LogP contribution is -2.05. The SMILES string of the molecule is CCCCC(F)CSc1ccc(SCC(F)CCCC)c(F)c1F. The smallest absolute Gasteiger partial charge is 0.173 e. The normalized spacial score (nSPS) is 13.9. The van der Waals surface area contributed by atoms with Gasteiger partial charge in [-0.3, -0.25) is 0 Å². The number of hydrogen-bond donors (Lipinski definition) is 0. The summed E-state index contributed by atoms with van der Waals surface area (Å²) in [5.74, 6) is -1.69. The fourth-order valence-electron chi connectivity index (χ4n) is 2.12. The Kier molecular flexibility index (Phi) is 10.9. The van der Waals surface area contributed by atoms with E-state index in [1.807, 2.05) is 13.8 Å². The first kappa shape index (κ1) is 21.7. The molecule has 0 aliphatic rings. The fourth-order valence-corrected chi connectivity index (χ4v) is 3.93. The predicted octanol–water partition coefficient (Wildman–Crippen LogP) is 7.21. The van der Waals surface area contributed by atoms with Crippen LogP contribution in [0.5, 0.6) is 0 Å². The maximum absolute atomic E-state index is 14.1. The number of thioether (sulfide) groups is 2.